The van der Waals surface area contributed by atoms with E-state index in [0.717, 1.165) is 24.3 Å². The Morgan fingerprint density at radius 3 is 1.87 bits per heavy atom. The summed E-state index contributed by atoms with van der Waals surface area (Å²) in [5.74, 6) is -0.863. The summed E-state index contributed by atoms with van der Waals surface area (Å²) in [5, 5.41) is 0. The summed E-state index contributed by atoms with van der Waals surface area (Å²) < 4.78 is 43.0. The van der Waals surface area contributed by atoms with Crippen molar-refractivity contribution in [2.75, 3.05) is 26.2 Å². The summed E-state index contributed by atoms with van der Waals surface area (Å²) in [6.07, 6.45) is -4.46. The number of halogens is 3. The molecule has 0 atom stereocenters. The molecular weight excluding hydrogens is 401 g/mol. The van der Waals surface area contributed by atoms with E-state index in [1.807, 2.05) is 0 Å². The van der Waals surface area contributed by atoms with Crippen molar-refractivity contribution in [1.29, 1.82) is 0 Å². The minimum Gasteiger partial charge on any atom is -0.427 e. The van der Waals surface area contributed by atoms with Gasteiger partial charge in [0.1, 0.15) is 5.75 Å². The Bertz CT molecular complexity index is 949. The maximum atomic E-state index is 12.7. The molecule has 2 amide bonds. The highest BCUT2D eigenvalue weighted by molar-refractivity contribution is 5.96. The van der Waals surface area contributed by atoms with E-state index in [9.17, 15) is 27.6 Å². The van der Waals surface area contributed by atoms with Crippen LogP contribution >= 0.6 is 0 Å². The molecule has 0 aromatic heterocycles. The first-order valence-corrected chi connectivity index (χ1v) is 9.19. The predicted octanol–water partition coefficient (Wildman–Crippen LogP) is 3.23. The van der Waals surface area contributed by atoms with Crippen LogP contribution in [0.5, 0.6) is 5.75 Å². The first-order valence-electron chi connectivity index (χ1n) is 9.19. The first-order chi connectivity index (χ1) is 14.1. The van der Waals surface area contributed by atoms with Crippen molar-refractivity contribution in [3.63, 3.8) is 0 Å². The van der Waals surface area contributed by atoms with Crippen LogP contribution in [0.25, 0.3) is 0 Å². The number of rotatable bonds is 3. The smallest absolute Gasteiger partial charge is 0.416 e. The fraction of sp³-hybridized carbons (Fsp3) is 0.286. The van der Waals surface area contributed by atoms with Crippen LogP contribution in [-0.4, -0.2) is 53.8 Å². The number of esters is 1. The normalized spacial score (nSPS) is 14.4. The summed E-state index contributed by atoms with van der Waals surface area (Å²) in [4.78, 5) is 39.4. The van der Waals surface area contributed by atoms with E-state index < -0.39 is 17.7 Å². The number of alkyl halides is 3. The first kappa shape index (κ1) is 21.4. The minimum atomic E-state index is -4.46. The predicted molar refractivity (Wildman–Crippen MR) is 101 cm³/mol. The van der Waals surface area contributed by atoms with Gasteiger partial charge in [0.05, 0.1) is 5.56 Å². The molecule has 1 fully saturated rings. The molecular formula is C21H19F3N2O4. The fourth-order valence-electron chi connectivity index (χ4n) is 3.14. The lowest BCUT2D eigenvalue weighted by atomic mass is 10.1. The van der Waals surface area contributed by atoms with Gasteiger partial charge in [-0.2, -0.15) is 13.2 Å². The molecule has 1 heterocycles. The lowest BCUT2D eigenvalue weighted by Crippen LogP contribution is -2.50. The van der Waals surface area contributed by atoms with Crippen LogP contribution in [0.4, 0.5) is 13.2 Å². The number of nitrogens with zero attached hydrogens (tertiary/aromatic N) is 2. The van der Waals surface area contributed by atoms with Gasteiger partial charge in [0, 0.05) is 44.2 Å². The van der Waals surface area contributed by atoms with Gasteiger partial charge < -0.3 is 14.5 Å². The number of carbonyl (C=O) groups excluding carboxylic acids is 3. The zero-order valence-electron chi connectivity index (χ0n) is 16.1. The van der Waals surface area contributed by atoms with Crippen molar-refractivity contribution < 1.29 is 32.3 Å². The molecule has 1 aliphatic heterocycles. The molecule has 0 aliphatic carbocycles. The third-order valence-corrected chi connectivity index (χ3v) is 4.66. The van der Waals surface area contributed by atoms with Gasteiger partial charge in [-0.05, 0) is 42.5 Å². The largest absolute Gasteiger partial charge is 0.427 e. The fourth-order valence-corrected chi connectivity index (χ4v) is 3.14. The second-order valence-electron chi connectivity index (χ2n) is 6.78. The molecule has 158 valence electrons. The van der Waals surface area contributed by atoms with Crippen LogP contribution < -0.4 is 4.74 Å². The molecule has 30 heavy (non-hydrogen) atoms. The van der Waals surface area contributed by atoms with Gasteiger partial charge in [0.2, 0.25) is 0 Å². The summed E-state index contributed by atoms with van der Waals surface area (Å²) in [6.45, 7) is 2.35. The number of carbonyl (C=O) groups is 3. The van der Waals surface area contributed by atoms with Crippen molar-refractivity contribution in [3.05, 3.63) is 65.2 Å². The molecule has 0 spiro atoms. The van der Waals surface area contributed by atoms with Crippen molar-refractivity contribution in [2.45, 2.75) is 13.1 Å². The van der Waals surface area contributed by atoms with Crippen molar-refractivity contribution >= 4 is 17.8 Å². The van der Waals surface area contributed by atoms with Gasteiger partial charge in [-0.15, -0.1) is 0 Å². The zero-order valence-corrected chi connectivity index (χ0v) is 16.1. The number of hydrogen-bond acceptors (Lipinski definition) is 4. The number of amides is 2. The Morgan fingerprint density at radius 2 is 1.37 bits per heavy atom. The van der Waals surface area contributed by atoms with Crippen LogP contribution in [0.2, 0.25) is 0 Å². The average Bonchev–Trinajstić information content (AvgIpc) is 2.72. The molecule has 3 rings (SSSR count). The lowest BCUT2D eigenvalue weighted by Gasteiger charge is -2.35. The van der Waals surface area contributed by atoms with Gasteiger partial charge in [-0.1, -0.05) is 6.07 Å². The maximum Gasteiger partial charge on any atom is 0.416 e. The highest BCUT2D eigenvalue weighted by Gasteiger charge is 2.31. The monoisotopic (exact) mass is 420 g/mol. The molecule has 0 unspecified atom stereocenters. The SMILES string of the molecule is CC(=O)Oc1cccc(C(=O)N2CCN(C(=O)c3ccc(C(F)(F)F)cc3)CC2)c1. The molecule has 0 saturated carbocycles. The zero-order chi connectivity index (χ0) is 21.9. The molecule has 0 bridgehead atoms. The Balaban J connectivity index is 1.61. The minimum absolute atomic E-state index is 0.164. The van der Waals surface area contributed by atoms with Crippen molar-refractivity contribution in [2.24, 2.45) is 0 Å². The second-order valence-corrected chi connectivity index (χ2v) is 6.78. The average molecular weight is 420 g/mol. The molecule has 0 radical (unpaired) electrons. The highest BCUT2D eigenvalue weighted by Crippen LogP contribution is 2.29. The summed E-state index contributed by atoms with van der Waals surface area (Å²) in [5.41, 5.74) is -0.293. The van der Waals surface area contributed by atoms with Gasteiger partial charge in [-0.3, -0.25) is 14.4 Å². The van der Waals surface area contributed by atoms with Gasteiger partial charge >= 0.3 is 12.1 Å². The van der Waals surface area contributed by atoms with E-state index in [1.54, 1.807) is 23.1 Å². The van der Waals surface area contributed by atoms with Crippen LogP contribution in [-0.2, 0) is 11.0 Å². The third-order valence-electron chi connectivity index (χ3n) is 4.66. The Hall–Kier alpha value is -3.36. The van der Waals surface area contributed by atoms with Crippen LogP contribution in [0.3, 0.4) is 0 Å². The number of hydrogen-bond donors (Lipinski definition) is 0. The summed E-state index contributed by atoms with van der Waals surface area (Å²) >= 11 is 0. The van der Waals surface area contributed by atoms with Gasteiger partial charge in [0.25, 0.3) is 11.8 Å². The third kappa shape index (κ3) is 4.97. The molecule has 2 aromatic carbocycles. The van der Waals surface area contributed by atoms with E-state index in [-0.39, 0.29) is 49.3 Å². The lowest BCUT2D eigenvalue weighted by molar-refractivity contribution is -0.137. The van der Waals surface area contributed by atoms with Crippen LogP contribution in [0.1, 0.15) is 33.2 Å². The van der Waals surface area contributed by atoms with E-state index in [0.29, 0.717) is 5.56 Å². The van der Waals surface area contributed by atoms with Gasteiger partial charge in [0.15, 0.2) is 0 Å². The number of benzene rings is 2. The number of ether oxygens (including phenoxy) is 1. The topological polar surface area (TPSA) is 66.9 Å². The van der Waals surface area contributed by atoms with E-state index in [4.69, 9.17) is 4.74 Å². The molecule has 2 aromatic rings. The number of piperazine rings is 1. The van der Waals surface area contributed by atoms with Crippen molar-refractivity contribution in [1.82, 2.24) is 9.80 Å². The standard InChI is InChI=1S/C21H19F3N2O4/c1-14(27)30-18-4-2-3-16(13-18)20(29)26-11-9-25(10-12-26)19(28)15-5-7-17(8-6-15)21(22,23)24/h2-8,13H,9-12H2,1H3. The second kappa shape index (κ2) is 8.56. The van der Waals surface area contributed by atoms with E-state index in [2.05, 4.69) is 0 Å². The van der Waals surface area contributed by atoms with E-state index >= 15 is 0 Å². The quantitative estimate of drug-likeness (QED) is 0.565. The van der Waals surface area contributed by atoms with Crippen LogP contribution in [0.15, 0.2) is 48.5 Å². The molecule has 6 nitrogen and oxygen atoms in total. The molecule has 9 heteroatoms. The molecule has 1 aliphatic rings. The molecule has 0 N–H and O–H groups in total. The van der Waals surface area contributed by atoms with Crippen LogP contribution in [0, 0.1) is 0 Å². The Morgan fingerprint density at radius 1 is 0.833 bits per heavy atom. The Labute approximate surface area is 170 Å². The van der Waals surface area contributed by atoms with E-state index in [1.165, 1.54) is 17.9 Å². The maximum absolute atomic E-state index is 12.7. The van der Waals surface area contributed by atoms with Gasteiger partial charge in [-0.25, -0.2) is 0 Å². The summed E-state index contributed by atoms with van der Waals surface area (Å²) in [6, 6.07) is 10.3. The Kier molecular flexibility index (Phi) is 6.09. The van der Waals surface area contributed by atoms with Crippen molar-refractivity contribution in [3.8, 4) is 5.75 Å². The highest BCUT2D eigenvalue weighted by atomic mass is 19.4. The summed E-state index contributed by atoms with van der Waals surface area (Å²) in [7, 11) is 0. The molecule has 1 saturated heterocycles.